The van der Waals surface area contributed by atoms with Crippen LogP contribution in [0.3, 0.4) is 0 Å². The summed E-state index contributed by atoms with van der Waals surface area (Å²) in [6.45, 7) is 1.96. The molecular formula is C14H11BBrFN2. The number of benzene rings is 2. The van der Waals surface area contributed by atoms with Gasteiger partial charge in [0.05, 0.1) is 11.9 Å². The van der Waals surface area contributed by atoms with Gasteiger partial charge in [-0.15, -0.1) is 0 Å². The minimum absolute atomic E-state index is 0.320. The maximum atomic E-state index is 13.4. The van der Waals surface area contributed by atoms with Crippen LogP contribution in [0, 0.1) is 12.7 Å². The van der Waals surface area contributed by atoms with E-state index in [9.17, 15) is 4.39 Å². The van der Waals surface area contributed by atoms with Gasteiger partial charge in [-0.05, 0) is 25.1 Å². The van der Waals surface area contributed by atoms with E-state index in [1.54, 1.807) is 24.4 Å². The Morgan fingerprint density at radius 1 is 1.32 bits per heavy atom. The van der Waals surface area contributed by atoms with Crippen LogP contribution in [0.4, 0.5) is 10.1 Å². The summed E-state index contributed by atoms with van der Waals surface area (Å²) in [5, 5.41) is 4.00. The average molecular weight is 317 g/mol. The Balaban J connectivity index is 2.18. The van der Waals surface area contributed by atoms with E-state index in [1.807, 2.05) is 19.1 Å². The Hall–Kier alpha value is -1.62. The van der Waals surface area contributed by atoms with E-state index in [2.05, 4.69) is 26.5 Å². The molecule has 2 rings (SSSR count). The van der Waals surface area contributed by atoms with Crippen LogP contribution in [0.25, 0.3) is 0 Å². The number of nitrogens with one attached hydrogen (secondary N) is 1. The van der Waals surface area contributed by atoms with Crippen LogP contribution in [0.1, 0.15) is 11.1 Å². The maximum Gasteiger partial charge on any atom is 0.148 e. The Kier molecular flexibility index (Phi) is 4.37. The van der Waals surface area contributed by atoms with Crippen LogP contribution in [-0.4, -0.2) is 14.1 Å². The Morgan fingerprint density at radius 2 is 2.05 bits per heavy atom. The highest BCUT2D eigenvalue weighted by atomic mass is 79.9. The minimum atomic E-state index is -0.351. The van der Waals surface area contributed by atoms with E-state index in [4.69, 9.17) is 7.85 Å². The molecule has 0 aliphatic rings. The summed E-state index contributed by atoms with van der Waals surface area (Å²) >= 11 is 3.43. The first-order valence-corrected chi connectivity index (χ1v) is 6.46. The molecule has 1 N–H and O–H groups in total. The maximum absolute atomic E-state index is 13.4. The Morgan fingerprint density at radius 3 is 2.74 bits per heavy atom. The standard InChI is InChI=1S/C14H11BBrFN2/c1-9-6-11(15)10(12(16)7-9)8-18-19-14-5-3-2-4-13(14)17/h2-8,19H,1H3/b18-8+. The fourth-order valence-corrected chi connectivity index (χ4v) is 2.33. The Bertz CT molecular complexity index is 606. The van der Waals surface area contributed by atoms with Crippen molar-refractivity contribution in [1.29, 1.82) is 0 Å². The largest absolute Gasteiger partial charge is 0.276 e. The highest BCUT2D eigenvalue weighted by Gasteiger charge is 2.02. The summed E-state index contributed by atoms with van der Waals surface area (Å²) in [6.07, 6.45) is 1.56. The van der Waals surface area contributed by atoms with Crippen LogP contribution in [-0.2, 0) is 0 Å². The van der Waals surface area contributed by atoms with E-state index in [-0.39, 0.29) is 5.82 Å². The fourth-order valence-electron chi connectivity index (χ4n) is 1.63. The number of rotatable bonds is 3. The fraction of sp³-hybridized carbons (Fsp3) is 0.0714. The van der Waals surface area contributed by atoms with Gasteiger partial charge in [-0.3, -0.25) is 5.43 Å². The van der Waals surface area contributed by atoms with Gasteiger partial charge in [0, 0.05) is 10.0 Å². The summed E-state index contributed by atoms with van der Waals surface area (Å²) in [6, 6.07) is 10.1. The second kappa shape index (κ2) is 6.02. The second-order valence-electron chi connectivity index (χ2n) is 4.10. The normalized spacial score (nSPS) is 10.9. The van der Waals surface area contributed by atoms with Crippen molar-refractivity contribution in [2.24, 2.45) is 5.10 Å². The van der Waals surface area contributed by atoms with Crippen LogP contribution in [0.15, 0.2) is 46.0 Å². The van der Waals surface area contributed by atoms with E-state index in [1.165, 1.54) is 6.07 Å². The molecule has 0 aliphatic heterocycles. The van der Waals surface area contributed by atoms with Crippen molar-refractivity contribution in [1.82, 2.24) is 0 Å². The molecule has 2 nitrogen and oxygen atoms in total. The lowest BCUT2D eigenvalue weighted by Gasteiger charge is -2.06. The molecule has 0 fully saturated rings. The molecule has 0 unspecified atom stereocenters. The van der Waals surface area contributed by atoms with Gasteiger partial charge in [0.15, 0.2) is 0 Å². The summed E-state index contributed by atoms with van der Waals surface area (Å²) in [4.78, 5) is 0. The molecule has 0 saturated heterocycles. The van der Waals surface area contributed by atoms with Crippen molar-refractivity contribution in [3.05, 3.63) is 57.8 Å². The number of anilines is 1. The third-order valence-corrected chi connectivity index (χ3v) is 3.21. The summed E-state index contributed by atoms with van der Waals surface area (Å²) in [5.41, 5.74) is 5.40. The minimum Gasteiger partial charge on any atom is -0.276 e. The van der Waals surface area contributed by atoms with Crippen molar-refractivity contribution < 1.29 is 4.39 Å². The molecule has 94 valence electrons. The topological polar surface area (TPSA) is 24.4 Å². The highest BCUT2D eigenvalue weighted by molar-refractivity contribution is 9.10. The van der Waals surface area contributed by atoms with Crippen molar-refractivity contribution in [3.63, 3.8) is 0 Å². The molecule has 0 amide bonds. The molecule has 0 bridgehead atoms. The predicted octanol–water partition coefficient (Wildman–Crippen LogP) is 3.14. The van der Waals surface area contributed by atoms with Gasteiger partial charge in [0.2, 0.25) is 0 Å². The van der Waals surface area contributed by atoms with Crippen LogP contribution >= 0.6 is 15.9 Å². The monoisotopic (exact) mass is 316 g/mol. The quantitative estimate of drug-likeness (QED) is 0.525. The summed E-state index contributed by atoms with van der Waals surface area (Å²) < 4.78 is 14.2. The van der Waals surface area contributed by atoms with Crippen molar-refractivity contribution >= 4 is 41.1 Å². The Labute approximate surface area is 121 Å². The average Bonchev–Trinajstić information content (AvgIpc) is 2.34. The number of nitrogens with zero attached hydrogens (tertiary/aromatic N) is 1. The molecule has 0 spiro atoms. The predicted molar refractivity (Wildman–Crippen MR) is 81.9 cm³/mol. The molecule has 2 aromatic rings. The van der Waals surface area contributed by atoms with Gasteiger partial charge in [-0.2, -0.15) is 5.10 Å². The zero-order valence-electron chi connectivity index (χ0n) is 10.3. The molecule has 0 saturated carbocycles. The zero-order valence-corrected chi connectivity index (χ0v) is 11.9. The first-order valence-electron chi connectivity index (χ1n) is 5.67. The lowest BCUT2D eigenvalue weighted by molar-refractivity contribution is 0.631. The number of halogens is 2. The van der Waals surface area contributed by atoms with Gasteiger partial charge < -0.3 is 0 Å². The number of hydrogen-bond donors (Lipinski definition) is 1. The van der Waals surface area contributed by atoms with Gasteiger partial charge in [0.25, 0.3) is 0 Å². The zero-order chi connectivity index (χ0) is 13.8. The van der Waals surface area contributed by atoms with E-state index in [0.29, 0.717) is 11.2 Å². The first-order chi connectivity index (χ1) is 9.08. The number of hydrogen-bond acceptors (Lipinski definition) is 2. The number of hydrazone groups is 1. The van der Waals surface area contributed by atoms with Crippen LogP contribution < -0.4 is 10.9 Å². The third-order valence-electron chi connectivity index (χ3n) is 2.56. The van der Waals surface area contributed by atoms with Crippen LogP contribution in [0.2, 0.25) is 0 Å². The second-order valence-corrected chi connectivity index (χ2v) is 4.95. The SMILES string of the molecule is [B]c1cc(C)cc(Br)c1/C=N/Nc1ccccc1F. The molecule has 5 heteroatoms. The van der Waals surface area contributed by atoms with E-state index < -0.39 is 0 Å². The molecular weight excluding hydrogens is 306 g/mol. The molecule has 0 aliphatic carbocycles. The highest BCUT2D eigenvalue weighted by Crippen LogP contribution is 2.15. The summed E-state index contributed by atoms with van der Waals surface area (Å²) in [7, 11) is 5.91. The van der Waals surface area contributed by atoms with E-state index >= 15 is 0 Å². The van der Waals surface area contributed by atoms with Gasteiger partial charge in [-0.25, -0.2) is 4.39 Å². The molecule has 0 aromatic heterocycles. The number of para-hydroxylation sites is 1. The molecule has 19 heavy (non-hydrogen) atoms. The first kappa shape index (κ1) is 13.8. The van der Waals surface area contributed by atoms with Crippen molar-refractivity contribution in [2.45, 2.75) is 6.92 Å². The smallest absolute Gasteiger partial charge is 0.148 e. The van der Waals surface area contributed by atoms with Gasteiger partial charge in [-0.1, -0.05) is 45.2 Å². The van der Waals surface area contributed by atoms with Gasteiger partial charge >= 0.3 is 0 Å². The third kappa shape index (κ3) is 3.44. The molecule has 0 atom stereocenters. The molecule has 0 heterocycles. The number of aryl methyl sites for hydroxylation is 1. The lowest BCUT2D eigenvalue weighted by Crippen LogP contribution is -2.12. The lowest BCUT2D eigenvalue weighted by atomic mass is 9.89. The molecule has 2 radical (unpaired) electrons. The van der Waals surface area contributed by atoms with Gasteiger partial charge in [0.1, 0.15) is 13.7 Å². The summed E-state index contributed by atoms with van der Waals surface area (Å²) in [5.74, 6) is -0.351. The van der Waals surface area contributed by atoms with E-state index in [0.717, 1.165) is 15.6 Å². The van der Waals surface area contributed by atoms with Crippen molar-refractivity contribution in [2.75, 3.05) is 5.43 Å². The van der Waals surface area contributed by atoms with Crippen molar-refractivity contribution in [3.8, 4) is 0 Å². The van der Waals surface area contributed by atoms with Crippen LogP contribution in [0.5, 0.6) is 0 Å². The molecule has 2 aromatic carbocycles.